The van der Waals surface area contributed by atoms with Gasteiger partial charge in [-0.1, -0.05) is 84.5 Å². The molecule has 0 aromatic carbocycles. The summed E-state index contributed by atoms with van der Waals surface area (Å²) in [7, 11) is 2.19. The summed E-state index contributed by atoms with van der Waals surface area (Å²) in [6, 6.07) is 0. The van der Waals surface area contributed by atoms with Gasteiger partial charge in [0.15, 0.2) is 0 Å². The second kappa shape index (κ2) is 20.2. The van der Waals surface area contributed by atoms with Crippen LogP contribution in [0.4, 0.5) is 0 Å². The Balaban J connectivity index is 0.000000305. The topological polar surface area (TPSA) is 24.5 Å². The van der Waals surface area contributed by atoms with Crippen molar-refractivity contribution in [2.24, 2.45) is 0 Å². The third-order valence-electron chi connectivity index (χ3n) is 5.18. The highest BCUT2D eigenvalue weighted by Crippen LogP contribution is 2.15. The van der Waals surface area contributed by atoms with Crippen LogP contribution in [0.25, 0.3) is 0 Å². The predicted molar refractivity (Wildman–Crippen MR) is 113 cm³/mol. The maximum absolute atomic E-state index is 5.01. The highest BCUT2D eigenvalue weighted by atomic mass is 16.5. The molecule has 2 heterocycles. The normalized spacial score (nSPS) is 23.4. The van der Waals surface area contributed by atoms with E-state index in [4.69, 9.17) is 4.74 Å². The van der Waals surface area contributed by atoms with E-state index in [1.54, 1.807) is 0 Å². The van der Waals surface area contributed by atoms with Crippen LogP contribution in [0.1, 0.15) is 97.3 Å². The monoisotopic (exact) mass is 356 g/mol. The molecule has 2 saturated carbocycles. The predicted octanol–water partition coefficient (Wildman–Crippen LogP) is 5.64. The molecule has 4 fully saturated rings. The minimum absolute atomic E-state index is 0. The van der Waals surface area contributed by atoms with Crippen LogP contribution < -0.4 is 5.32 Å². The Morgan fingerprint density at radius 1 is 0.560 bits per heavy atom. The molecular formula is C22H48N2O. The molecule has 0 bridgehead atoms. The van der Waals surface area contributed by atoms with Gasteiger partial charge in [0.25, 0.3) is 0 Å². The van der Waals surface area contributed by atoms with Crippen LogP contribution in [0.2, 0.25) is 0 Å². The Bertz CT molecular complexity index is 188. The summed E-state index contributed by atoms with van der Waals surface area (Å²) in [5, 5.41) is 3.16. The molecule has 0 aromatic heterocycles. The lowest BCUT2D eigenvalue weighted by Crippen LogP contribution is -2.30. The number of likely N-dealkylation sites (tertiary alicyclic amines) is 1. The molecule has 0 atom stereocenters. The van der Waals surface area contributed by atoms with E-state index in [1.165, 1.54) is 103 Å². The summed E-state index contributed by atoms with van der Waals surface area (Å²) in [6.07, 6.45) is 20.8. The first-order valence-electron chi connectivity index (χ1n) is 10.9. The summed E-state index contributed by atoms with van der Waals surface area (Å²) in [6.45, 7) is 6.47. The number of piperidine rings is 1. The SMILES string of the molecule is C.C1CCCC1.C1CCCCC1.C1COCCN1.CN1CCCCC1. The van der Waals surface area contributed by atoms with Gasteiger partial charge in [0.05, 0.1) is 13.2 Å². The molecule has 4 aliphatic rings. The molecule has 1 N–H and O–H groups in total. The average Bonchev–Trinajstić information content (AvgIpc) is 3.26. The Morgan fingerprint density at radius 2 is 0.880 bits per heavy atom. The van der Waals surface area contributed by atoms with Gasteiger partial charge in [-0.3, -0.25) is 0 Å². The van der Waals surface area contributed by atoms with E-state index in [-0.39, 0.29) is 7.43 Å². The highest BCUT2D eigenvalue weighted by Gasteiger charge is 2.02. The highest BCUT2D eigenvalue weighted by molar-refractivity contribution is 4.58. The van der Waals surface area contributed by atoms with Crippen LogP contribution >= 0.6 is 0 Å². The fraction of sp³-hybridized carbons (Fsp3) is 1.00. The number of nitrogens with zero attached hydrogens (tertiary/aromatic N) is 1. The molecule has 0 radical (unpaired) electrons. The quantitative estimate of drug-likeness (QED) is 0.608. The summed E-state index contributed by atoms with van der Waals surface area (Å²) < 4.78 is 5.01. The van der Waals surface area contributed by atoms with Crippen molar-refractivity contribution < 1.29 is 4.74 Å². The number of morpholine rings is 1. The molecule has 2 aliphatic heterocycles. The van der Waals surface area contributed by atoms with Crippen LogP contribution in [-0.4, -0.2) is 51.3 Å². The van der Waals surface area contributed by atoms with Crippen molar-refractivity contribution in [1.29, 1.82) is 0 Å². The fourth-order valence-corrected chi connectivity index (χ4v) is 3.51. The van der Waals surface area contributed by atoms with Gasteiger partial charge in [-0.25, -0.2) is 0 Å². The van der Waals surface area contributed by atoms with Crippen molar-refractivity contribution in [3.63, 3.8) is 0 Å². The number of ether oxygens (including phenoxy) is 1. The standard InChI is InChI=1S/C6H13N.C6H12.C5H10.C4H9NO.CH4/c1-7-5-3-2-4-6-7;1-2-4-6-5-3-1;1-2-4-5-3-1;1-3-6-4-2-5-1;/h2-6H2,1H3;1-6H2;1-5H2;5H,1-4H2;1H4. The van der Waals surface area contributed by atoms with Crippen molar-refractivity contribution in [2.45, 2.75) is 97.3 Å². The lowest BCUT2D eigenvalue weighted by atomic mass is 10.0. The third-order valence-corrected chi connectivity index (χ3v) is 5.18. The van der Waals surface area contributed by atoms with Crippen molar-refractivity contribution in [2.75, 3.05) is 46.4 Å². The summed E-state index contributed by atoms with van der Waals surface area (Å²) in [5.74, 6) is 0. The van der Waals surface area contributed by atoms with Gasteiger partial charge in [-0.05, 0) is 33.0 Å². The van der Waals surface area contributed by atoms with E-state index in [9.17, 15) is 0 Å². The van der Waals surface area contributed by atoms with Crippen molar-refractivity contribution in [3.8, 4) is 0 Å². The lowest BCUT2D eigenvalue weighted by Gasteiger charge is -2.20. The van der Waals surface area contributed by atoms with Crippen LogP contribution in [0.3, 0.4) is 0 Å². The third kappa shape index (κ3) is 18.5. The van der Waals surface area contributed by atoms with E-state index in [1.807, 2.05) is 0 Å². The molecule has 25 heavy (non-hydrogen) atoms. The molecule has 0 unspecified atom stereocenters. The Labute approximate surface area is 159 Å². The van der Waals surface area contributed by atoms with Gasteiger partial charge >= 0.3 is 0 Å². The van der Waals surface area contributed by atoms with Crippen LogP contribution in [-0.2, 0) is 4.74 Å². The number of hydrogen-bond acceptors (Lipinski definition) is 3. The van der Waals surface area contributed by atoms with Crippen molar-refractivity contribution in [3.05, 3.63) is 0 Å². The molecule has 4 rings (SSSR count). The van der Waals surface area contributed by atoms with Gasteiger partial charge in [-0.2, -0.15) is 0 Å². The minimum Gasteiger partial charge on any atom is -0.379 e. The number of rotatable bonds is 0. The maximum Gasteiger partial charge on any atom is 0.0591 e. The number of hydrogen-bond donors (Lipinski definition) is 1. The molecule has 0 amide bonds. The molecule has 3 nitrogen and oxygen atoms in total. The first-order chi connectivity index (χ1) is 11.9. The van der Waals surface area contributed by atoms with Gasteiger partial charge in [0.1, 0.15) is 0 Å². The second-order valence-electron chi connectivity index (χ2n) is 7.62. The van der Waals surface area contributed by atoms with Gasteiger partial charge in [-0.15, -0.1) is 0 Å². The molecule has 2 saturated heterocycles. The van der Waals surface area contributed by atoms with Gasteiger partial charge < -0.3 is 15.0 Å². The zero-order valence-electron chi connectivity index (χ0n) is 16.5. The van der Waals surface area contributed by atoms with Crippen LogP contribution in [0.15, 0.2) is 0 Å². The fourth-order valence-electron chi connectivity index (χ4n) is 3.51. The summed E-state index contributed by atoms with van der Waals surface area (Å²) in [5.41, 5.74) is 0. The molecular weight excluding hydrogens is 308 g/mol. The van der Waals surface area contributed by atoms with Gasteiger partial charge in [0.2, 0.25) is 0 Å². The largest absolute Gasteiger partial charge is 0.379 e. The Hall–Kier alpha value is -0.120. The van der Waals surface area contributed by atoms with E-state index in [0.29, 0.717) is 0 Å². The summed E-state index contributed by atoms with van der Waals surface area (Å²) in [4.78, 5) is 2.39. The molecule has 2 aliphatic carbocycles. The molecule has 0 spiro atoms. The first kappa shape index (κ1) is 24.9. The zero-order chi connectivity index (χ0) is 17.1. The van der Waals surface area contributed by atoms with Crippen LogP contribution in [0, 0.1) is 0 Å². The van der Waals surface area contributed by atoms with Crippen molar-refractivity contribution in [1.82, 2.24) is 10.2 Å². The maximum atomic E-state index is 5.01. The smallest absolute Gasteiger partial charge is 0.0591 e. The molecule has 3 heteroatoms. The average molecular weight is 357 g/mol. The van der Waals surface area contributed by atoms with Crippen LogP contribution in [0.5, 0.6) is 0 Å². The van der Waals surface area contributed by atoms with E-state index in [2.05, 4.69) is 17.3 Å². The molecule has 0 aromatic rings. The minimum atomic E-state index is 0. The Kier molecular flexibility index (Phi) is 20.1. The second-order valence-corrected chi connectivity index (χ2v) is 7.62. The van der Waals surface area contributed by atoms with E-state index in [0.717, 1.165) is 26.3 Å². The zero-order valence-corrected chi connectivity index (χ0v) is 16.5. The first-order valence-corrected chi connectivity index (χ1v) is 10.9. The summed E-state index contributed by atoms with van der Waals surface area (Å²) >= 11 is 0. The lowest BCUT2D eigenvalue weighted by molar-refractivity contribution is 0.109. The Morgan fingerprint density at radius 3 is 1.04 bits per heavy atom. The van der Waals surface area contributed by atoms with Crippen molar-refractivity contribution >= 4 is 0 Å². The molecule has 152 valence electrons. The van der Waals surface area contributed by atoms with E-state index >= 15 is 0 Å². The van der Waals surface area contributed by atoms with Gasteiger partial charge in [0, 0.05) is 13.1 Å². The number of nitrogens with one attached hydrogen (secondary N) is 1. The van der Waals surface area contributed by atoms with E-state index < -0.39 is 0 Å².